The van der Waals surface area contributed by atoms with E-state index in [-0.39, 0.29) is 17.6 Å². The maximum atomic E-state index is 13.7. The Hall–Kier alpha value is -1.62. The average Bonchev–Trinajstić information content (AvgIpc) is 2.41. The Labute approximate surface area is 112 Å². The van der Waals surface area contributed by atoms with Crippen molar-refractivity contribution in [1.29, 1.82) is 0 Å². The van der Waals surface area contributed by atoms with Crippen molar-refractivity contribution >= 4 is 11.6 Å². The Morgan fingerprint density at radius 2 is 2.37 bits per heavy atom. The first-order valence-electron chi connectivity index (χ1n) is 6.57. The van der Waals surface area contributed by atoms with Crippen LogP contribution in [0.25, 0.3) is 0 Å². The van der Waals surface area contributed by atoms with Crippen molar-refractivity contribution in [3.05, 3.63) is 29.6 Å². The second-order valence-corrected chi connectivity index (χ2v) is 4.71. The van der Waals surface area contributed by atoms with Gasteiger partial charge in [0.25, 0.3) is 5.91 Å². The zero-order valence-corrected chi connectivity index (χ0v) is 11.1. The van der Waals surface area contributed by atoms with Crippen LogP contribution in [0, 0.1) is 5.82 Å². The highest BCUT2D eigenvalue weighted by molar-refractivity contribution is 5.95. The van der Waals surface area contributed by atoms with Crippen molar-refractivity contribution in [1.82, 2.24) is 4.90 Å². The number of nitrogen functional groups attached to an aromatic ring is 1. The fourth-order valence-corrected chi connectivity index (χ4v) is 2.37. The van der Waals surface area contributed by atoms with Gasteiger partial charge in [-0.2, -0.15) is 0 Å². The highest BCUT2D eigenvalue weighted by Crippen LogP contribution is 2.19. The molecule has 0 saturated carbocycles. The van der Waals surface area contributed by atoms with Gasteiger partial charge in [-0.25, -0.2) is 4.39 Å². The molecule has 0 radical (unpaired) electrons. The van der Waals surface area contributed by atoms with E-state index in [0.29, 0.717) is 25.4 Å². The first kappa shape index (κ1) is 13.8. The summed E-state index contributed by atoms with van der Waals surface area (Å²) >= 11 is 0. The molecule has 1 atom stereocenters. The predicted octanol–water partition coefficient (Wildman–Crippen LogP) is 2.05. The van der Waals surface area contributed by atoms with Crippen LogP contribution in [0.15, 0.2) is 18.2 Å². The summed E-state index contributed by atoms with van der Waals surface area (Å²) in [6, 6.07) is 4.07. The van der Waals surface area contributed by atoms with Crippen LogP contribution in [-0.2, 0) is 4.74 Å². The standard InChI is InChI=1S/C14H19FN2O2/c1-2-19-11-4-3-7-17(9-11)14(18)12-8-10(16)5-6-13(12)15/h5-6,8,11H,2-4,7,9,16H2,1H3. The third-order valence-corrected chi connectivity index (χ3v) is 3.29. The minimum absolute atomic E-state index is 0.0390. The first-order chi connectivity index (χ1) is 9.11. The number of hydrogen-bond donors (Lipinski definition) is 1. The minimum Gasteiger partial charge on any atom is -0.399 e. The number of carbonyl (C=O) groups is 1. The van der Waals surface area contributed by atoms with E-state index in [0.717, 1.165) is 12.8 Å². The van der Waals surface area contributed by atoms with E-state index in [1.807, 2.05) is 6.92 Å². The van der Waals surface area contributed by atoms with Gasteiger partial charge in [0.05, 0.1) is 11.7 Å². The lowest BCUT2D eigenvalue weighted by atomic mass is 10.1. The van der Waals surface area contributed by atoms with Crippen molar-refractivity contribution in [3.8, 4) is 0 Å². The van der Waals surface area contributed by atoms with Crippen LogP contribution in [-0.4, -0.2) is 36.6 Å². The number of amides is 1. The Morgan fingerprint density at radius 3 is 3.11 bits per heavy atom. The summed E-state index contributed by atoms with van der Waals surface area (Å²) in [5, 5.41) is 0. The van der Waals surface area contributed by atoms with Gasteiger partial charge in [0.15, 0.2) is 0 Å². The lowest BCUT2D eigenvalue weighted by Crippen LogP contribution is -2.43. The lowest BCUT2D eigenvalue weighted by Gasteiger charge is -2.32. The molecule has 0 spiro atoms. The zero-order chi connectivity index (χ0) is 13.8. The third kappa shape index (κ3) is 3.23. The molecule has 2 rings (SSSR count). The molecule has 0 aliphatic carbocycles. The molecule has 1 aromatic carbocycles. The number of halogens is 1. The third-order valence-electron chi connectivity index (χ3n) is 3.29. The van der Waals surface area contributed by atoms with E-state index in [1.165, 1.54) is 18.2 Å². The molecule has 1 heterocycles. The number of rotatable bonds is 3. The van der Waals surface area contributed by atoms with Crippen molar-refractivity contribution in [2.75, 3.05) is 25.4 Å². The number of ether oxygens (including phenoxy) is 1. The molecule has 2 N–H and O–H groups in total. The van der Waals surface area contributed by atoms with Gasteiger partial charge < -0.3 is 15.4 Å². The highest BCUT2D eigenvalue weighted by atomic mass is 19.1. The minimum atomic E-state index is -0.530. The van der Waals surface area contributed by atoms with Crippen LogP contribution in [0.5, 0.6) is 0 Å². The number of likely N-dealkylation sites (tertiary alicyclic amines) is 1. The Kier molecular flexibility index (Phi) is 4.37. The number of carbonyl (C=O) groups excluding carboxylic acids is 1. The van der Waals surface area contributed by atoms with Crippen LogP contribution < -0.4 is 5.73 Å². The molecule has 0 aromatic heterocycles. The van der Waals surface area contributed by atoms with Crippen molar-refractivity contribution in [2.45, 2.75) is 25.9 Å². The summed E-state index contributed by atoms with van der Waals surface area (Å²) in [6.07, 6.45) is 1.86. The van der Waals surface area contributed by atoms with Crippen LogP contribution in [0.1, 0.15) is 30.1 Å². The molecule has 5 heteroatoms. The molecule has 4 nitrogen and oxygen atoms in total. The number of hydrogen-bond acceptors (Lipinski definition) is 3. The number of nitrogens with two attached hydrogens (primary N) is 1. The normalized spacial score (nSPS) is 19.5. The van der Waals surface area contributed by atoms with E-state index >= 15 is 0 Å². The quantitative estimate of drug-likeness (QED) is 0.852. The van der Waals surface area contributed by atoms with Gasteiger partial charge in [0.2, 0.25) is 0 Å². The summed E-state index contributed by atoms with van der Waals surface area (Å²) in [5.41, 5.74) is 6.04. The molecule has 104 valence electrons. The predicted molar refractivity (Wildman–Crippen MR) is 71.4 cm³/mol. The van der Waals surface area contributed by atoms with Crippen LogP contribution in [0.4, 0.5) is 10.1 Å². The van der Waals surface area contributed by atoms with Crippen LogP contribution in [0.2, 0.25) is 0 Å². The van der Waals surface area contributed by atoms with Crippen molar-refractivity contribution < 1.29 is 13.9 Å². The second-order valence-electron chi connectivity index (χ2n) is 4.71. The van der Waals surface area contributed by atoms with E-state index < -0.39 is 5.82 Å². The molecule has 1 aliphatic rings. The molecule has 1 aromatic rings. The van der Waals surface area contributed by atoms with E-state index in [9.17, 15) is 9.18 Å². The number of benzene rings is 1. The summed E-state index contributed by atoms with van der Waals surface area (Å²) in [4.78, 5) is 13.9. The molecular weight excluding hydrogens is 247 g/mol. The first-order valence-corrected chi connectivity index (χ1v) is 6.57. The molecule has 1 aliphatic heterocycles. The number of anilines is 1. The van der Waals surface area contributed by atoms with Gasteiger partial charge >= 0.3 is 0 Å². The number of piperidine rings is 1. The zero-order valence-electron chi connectivity index (χ0n) is 11.1. The molecule has 1 saturated heterocycles. The van der Waals surface area contributed by atoms with Crippen molar-refractivity contribution in [2.24, 2.45) is 0 Å². The van der Waals surface area contributed by atoms with Gasteiger partial charge in [-0.1, -0.05) is 0 Å². The summed E-state index contributed by atoms with van der Waals surface area (Å²) in [7, 11) is 0. The smallest absolute Gasteiger partial charge is 0.256 e. The monoisotopic (exact) mass is 266 g/mol. The van der Waals surface area contributed by atoms with Gasteiger partial charge in [-0.3, -0.25) is 4.79 Å². The van der Waals surface area contributed by atoms with Gasteiger partial charge in [0, 0.05) is 25.4 Å². The van der Waals surface area contributed by atoms with Gasteiger partial charge in [0.1, 0.15) is 5.82 Å². The maximum absolute atomic E-state index is 13.7. The maximum Gasteiger partial charge on any atom is 0.256 e. The fourth-order valence-electron chi connectivity index (χ4n) is 2.37. The van der Waals surface area contributed by atoms with Gasteiger partial charge in [-0.15, -0.1) is 0 Å². The topological polar surface area (TPSA) is 55.6 Å². The molecule has 1 fully saturated rings. The van der Waals surface area contributed by atoms with Crippen molar-refractivity contribution in [3.63, 3.8) is 0 Å². The molecular formula is C14H19FN2O2. The summed E-state index contributed by atoms with van der Waals surface area (Å²) in [6.45, 7) is 3.70. The average molecular weight is 266 g/mol. The summed E-state index contributed by atoms with van der Waals surface area (Å²) < 4.78 is 19.2. The molecule has 0 bridgehead atoms. The molecule has 1 amide bonds. The Bertz CT molecular complexity index is 463. The van der Waals surface area contributed by atoms with Gasteiger partial charge in [-0.05, 0) is 38.0 Å². The molecule has 19 heavy (non-hydrogen) atoms. The van der Waals surface area contributed by atoms with E-state index in [1.54, 1.807) is 4.90 Å². The SMILES string of the molecule is CCOC1CCCN(C(=O)c2cc(N)ccc2F)C1. The summed E-state index contributed by atoms with van der Waals surface area (Å²) in [5.74, 6) is -0.841. The Morgan fingerprint density at radius 1 is 1.58 bits per heavy atom. The van der Waals surface area contributed by atoms with E-state index in [4.69, 9.17) is 10.5 Å². The van der Waals surface area contributed by atoms with Crippen LogP contribution >= 0.6 is 0 Å². The van der Waals surface area contributed by atoms with Crippen LogP contribution in [0.3, 0.4) is 0 Å². The lowest BCUT2D eigenvalue weighted by molar-refractivity contribution is 0.00708. The largest absolute Gasteiger partial charge is 0.399 e. The highest BCUT2D eigenvalue weighted by Gasteiger charge is 2.26. The Balaban J connectivity index is 2.12. The number of nitrogens with zero attached hydrogens (tertiary/aromatic N) is 1. The molecule has 1 unspecified atom stereocenters. The van der Waals surface area contributed by atoms with E-state index in [2.05, 4.69) is 0 Å². The fraction of sp³-hybridized carbons (Fsp3) is 0.500. The second kappa shape index (κ2) is 6.02.